The van der Waals surface area contributed by atoms with Crippen molar-refractivity contribution in [3.63, 3.8) is 0 Å². The van der Waals surface area contributed by atoms with Crippen LogP contribution in [0.15, 0.2) is 0 Å². The largest absolute Gasteiger partial charge is 0.394 e. The average Bonchev–Trinajstić information content (AvgIpc) is 2.67. The van der Waals surface area contributed by atoms with Crippen LogP contribution in [0.3, 0.4) is 0 Å². The van der Waals surface area contributed by atoms with Crippen molar-refractivity contribution in [2.45, 2.75) is 44.7 Å². The Morgan fingerprint density at radius 3 is 2.71 bits per heavy atom. The molecule has 1 amide bonds. The van der Waals surface area contributed by atoms with E-state index >= 15 is 0 Å². The van der Waals surface area contributed by atoms with Crippen LogP contribution in [0.25, 0.3) is 0 Å². The first-order valence-corrected chi connectivity index (χ1v) is 5.36. The van der Waals surface area contributed by atoms with Gasteiger partial charge in [0.2, 0.25) is 5.91 Å². The van der Waals surface area contributed by atoms with Crippen LogP contribution in [0.1, 0.15) is 32.6 Å². The predicted octanol–water partition coefficient (Wildman–Crippen LogP) is 0.0156. The number of hydrogen-bond acceptors (Lipinski definition) is 3. The van der Waals surface area contributed by atoms with Crippen LogP contribution in [-0.2, 0) is 4.79 Å². The Hall–Kier alpha value is -0.610. The van der Waals surface area contributed by atoms with Crippen molar-refractivity contribution < 1.29 is 9.90 Å². The van der Waals surface area contributed by atoms with Gasteiger partial charge in [0.25, 0.3) is 0 Å². The van der Waals surface area contributed by atoms with E-state index < -0.39 is 0 Å². The van der Waals surface area contributed by atoms with Crippen LogP contribution in [0.5, 0.6) is 0 Å². The molecule has 4 nitrogen and oxygen atoms in total. The Morgan fingerprint density at radius 2 is 2.14 bits per heavy atom. The van der Waals surface area contributed by atoms with Crippen molar-refractivity contribution in [1.29, 1.82) is 0 Å². The molecule has 0 heterocycles. The third-order valence-electron chi connectivity index (χ3n) is 2.59. The monoisotopic (exact) mass is 200 g/mol. The van der Waals surface area contributed by atoms with Gasteiger partial charge >= 0.3 is 0 Å². The van der Waals surface area contributed by atoms with Crippen LogP contribution >= 0.6 is 0 Å². The van der Waals surface area contributed by atoms with Gasteiger partial charge in [-0.25, -0.2) is 0 Å². The summed E-state index contributed by atoms with van der Waals surface area (Å²) in [6.45, 7) is 2.15. The Morgan fingerprint density at radius 1 is 1.50 bits per heavy atom. The van der Waals surface area contributed by atoms with E-state index in [1.807, 2.05) is 0 Å². The Bertz CT molecular complexity index is 179. The summed E-state index contributed by atoms with van der Waals surface area (Å²) < 4.78 is 0. The minimum atomic E-state index is -0.145. The summed E-state index contributed by atoms with van der Waals surface area (Å²) in [7, 11) is 0. The van der Waals surface area contributed by atoms with Crippen molar-refractivity contribution in [1.82, 2.24) is 10.6 Å². The molecule has 0 aromatic carbocycles. The third-order valence-corrected chi connectivity index (χ3v) is 2.59. The lowest BCUT2D eigenvalue weighted by Crippen LogP contribution is -2.42. The molecule has 0 radical (unpaired) electrons. The molecule has 0 unspecified atom stereocenters. The van der Waals surface area contributed by atoms with E-state index in [1.165, 1.54) is 25.7 Å². The number of aliphatic hydroxyl groups excluding tert-OH is 1. The zero-order valence-corrected chi connectivity index (χ0v) is 8.75. The highest BCUT2D eigenvalue weighted by atomic mass is 16.3. The summed E-state index contributed by atoms with van der Waals surface area (Å²) in [5.41, 5.74) is 0. The molecule has 3 N–H and O–H groups in total. The van der Waals surface area contributed by atoms with Gasteiger partial charge in [-0.2, -0.15) is 0 Å². The molecule has 0 aromatic heterocycles. The van der Waals surface area contributed by atoms with Gasteiger partial charge in [-0.15, -0.1) is 0 Å². The highest BCUT2D eigenvalue weighted by Gasteiger charge is 2.15. The Labute approximate surface area is 85.1 Å². The van der Waals surface area contributed by atoms with Crippen LogP contribution < -0.4 is 10.6 Å². The lowest BCUT2D eigenvalue weighted by Gasteiger charge is -2.14. The molecule has 0 aliphatic heterocycles. The summed E-state index contributed by atoms with van der Waals surface area (Å²) in [4.78, 5) is 11.3. The number of carbonyl (C=O) groups is 1. The molecule has 82 valence electrons. The number of amides is 1. The number of hydrogen-bond donors (Lipinski definition) is 3. The molecule has 0 aromatic rings. The van der Waals surface area contributed by atoms with Gasteiger partial charge in [-0.3, -0.25) is 4.79 Å². The second-order valence-electron chi connectivity index (χ2n) is 4.01. The summed E-state index contributed by atoms with van der Waals surface area (Å²) in [6, 6.07) is 0.373. The zero-order valence-electron chi connectivity index (χ0n) is 8.75. The first-order chi connectivity index (χ1) is 6.72. The molecule has 1 saturated carbocycles. The molecule has 1 aliphatic carbocycles. The third kappa shape index (κ3) is 4.07. The van der Waals surface area contributed by atoms with E-state index in [-0.39, 0.29) is 18.6 Å². The molecule has 0 saturated heterocycles. The summed E-state index contributed by atoms with van der Waals surface area (Å²) >= 11 is 0. The van der Waals surface area contributed by atoms with Gasteiger partial charge in [0.1, 0.15) is 0 Å². The van der Waals surface area contributed by atoms with E-state index in [0.29, 0.717) is 12.6 Å². The molecule has 14 heavy (non-hydrogen) atoms. The molecule has 1 rings (SSSR count). The molecule has 1 aliphatic rings. The van der Waals surface area contributed by atoms with Gasteiger partial charge in [0.15, 0.2) is 0 Å². The minimum absolute atomic E-state index is 0.00479. The fourth-order valence-corrected chi connectivity index (χ4v) is 1.74. The van der Waals surface area contributed by atoms with E-state index in [2.05, 4.69) is 10.6 Å². The molecule has 1 atom stereocenters. The van der Waals surface area contributed by atoms with E-state index in [4.69, 9.17) is 5.11 Å². The SMILES string of the molecule is C[C@H](CO)NC(=O)CNC1CCCC1. The van der Waals surface area contributed by atoms with Crippen LogP contribution in [0.2, 0.25) is 0 Å². The maximum atomic E-state index is 11.3. The minimum Gasteiger partial charge on any atom is -0.394 e. The highest BCUT2D eigenvalue weighted by Crippen LogP contribution is 2.17. The van der Waals surface area contributed by atoms with Gasteiger partial charge in [-0.05, 0) is 19.8 Å². The molecular formula is C10H20N2O2. The van der Waals surface area contributed by atoms with Gasteiger partial charge in [-0.1, -0.05) is 12.8 Å². The highest BCUT2D eigenvalue weighted by molar-refractivity contribution is 5.78. The molecular weight excluding hydrogens is 180 g/mol. The quantitative estimate of drug-likeness (QED) is 0.586. The van der Waals surface area contributed by atoms with E-state index in [0.717, 1.165) is 0 Å². The Kier molecular flexibility index (Phi) is 4.90. The fourth-order valence-electron chi connectivity index (χ4n) is 1.74. The topological polar surface area (TPSA) is 61.4 Å². The summed E-state index contributed by atoms with van der Waals surface area (Å²) in [6.07, 6.45) is 4.91. The van der Waals surface area contributed by atoms with Crippen molar-refractivity contribution in [2.75, 3.05) is 13.2 Å². The lowest BCUT2D eigenvalue weighted by atomic mass is 10.2. The average molecular weight is 200 g/mol. The number of aliphatic hydroxyl groups is 1. The van der Waals surface area contributed by atoms with Crippen LogP contribution in [0, 0.1) is 0 Å². The molecule has 0 bridgehead atoms. The number of carbonyl (C=O) groups excluding carboxylic acids is 1. The first kappa shape index (κ1) is 11.5. The maximum Gasteiger partial charge on any atom is 0.234 e. The summed E-state index contributed by atoms with van der Waals surface area (Å²) in [5, 5.41) is 14.6. The number of rotatable bonds is 5. The van der Waals surface area contributed by atoms with E-state index in [1.54, 1.807) is 6.92 Å². The normalized spacial score (nSPS) is 19.6. The van der Waals surface area contributed by atoms with Crippen molar-refractivity contribution >= 4 is 5.91 Å². The predicted molar refractivity (Wildman–Crippen MR) is 54.9 cm³/mol. The molecule has 4 heteroatoms. The van der Waals surface area contributed by atoms with Crippen molar-refractivity contribution in [3.05, 3.63) is 0 Å². The van der Waals surface area contributed by atoms with Gasteiger partial charge in [0, 0.05) is 12.1 Å². The first-order valence-electron chi connectivity index (χ1n) is 5.36. The van der Waals surface area contributed by atoms with Crippen LogP contribution in [-0.4, -0.2) is 36.2 Å². The number of nitrogens with one attached hydrogen (secondary N) is 2. The lowest BCUT2D eigenvalue weighted by molar-refractivity contribution is -0.121. The zero-order chi connectivity index (χ0) is 10.4. The maximum absolute atomic E-state index is 11.3. The molecule has 0 spiro atoms. The fraction of sp³-hybridized carbons (Fsp3) is 0.900. The second-order valence-corrected chi connectivity index (χ2v) is 4.01. The van der Waals surface area contributed by atoms with Gasteiger partial charge in [0.05, 0.1) is 13.2 Å². The summed E-state index contributed by atoms with van der Waals surface area (Å²) in [5.74, 6) is -0.0292. The standard InChI is InChI=1S/C10H20N2O2/c1-8(7-13)12-10(14)6-11-9-4-2-3-5-9/h8-9,11,13H,2-7H2,1H3,(H,12,14)/t8-/m1/s1. The van der Waals surface area contributed by atoms with Crippen molar-refractivity contribution in [3.8, 4) is 0 Å². The van der Waals surface area contributed by atoms with E-state index in [9.17, 15) is 4.79 Å². The molecule has 1 fully saturated rings. The Balaban J connectivity index is 2.08. The van der Waals surface area contributed by atoms with Crippen molar-refractivity contribution in [2.24, 2.45) is 0 Å². The smallest absolute Gasteiger partial charge is 0.234 e. The van der Waals surface area contributed by atoms with Crippen LogP contribution in [0.4, 0.5) is 0 Å². The van der Waals surface area contributed by atoms with Gasteiger partial charge < -0.3 is 15.7 Å². The second kappa shape index (κ2) is 5.98.